The second-order valence-electron chi connectivity index (χ2n) is 5.34. The van der Waals surface area contributed by atoms with E-state index in [2.05, 4.69) is 47.1 Å². The Balaban J connectivity index is 2.53. The maximum Gasteiger partial charge on any atom is 0.239 e. The highest BCUT2D eigenvalue weighted by Crippen LogP contribution is 2.27. The standard InChI is InChI=1S/C16H25N5/c1-4-6-11-21(12(3)5-2)15-13-9-7-8-10-14(13)18-16(19-15)20-17/h7-10,12H,4-6,11,17H2,1-3H3,(H,18,19,20). The van der Waals surface area contributed by atoms with Gasteiger partial charge >= 0.3 is 0 Å². The summed E-state index contributed by atoms with van der Waals surface area (Å²) in [4.78, 5) is 11.4. The van der Waals surface area contributed by atoms with Crippen molar-refractivity contribution < 1.29 is 0 Å². The Kier molecular flexibility index (Phi) is 5.33. The van der Waals surface area contributed by atoms with E-state index in [1.807, 2.05) is 18.2 Å². The molecule has 0 aliphatic carbocycles. The fourth-order valence-corrected chi connectivity index (χ4v) is 2.43. The van der Waals surface area contributed by atoms with Gasteiger partial charge in [0.15, 0.2) is 0 Å². The monoisotopic (exact) mass is 287 g/mol. The van der Waals surface area contributed by atoms with Crippen molar-refractivity contribution in [3.63, 3.8) is 0 Å². The molecule has 5 nitrogen and oxygen atoms in total. The maximum absolute atomic E-state index is 5.53. The molecule has 0 spiro atoms. The van der Waals surface area contributed by atoms with Crippen LogP contribution in [0.4, 0.5) is 11.8 Å². The van der Waals surface area contributed by atoms with Crippen molar-refractivity contribution in [2.45, 2.75) is 46.1 Å². The topological polar surface area (TPSA) is 67.1 Å². The van der Waals surface area contributed by atoms with Crippen molar-refractivity contribution in [3.05, 3.63) is 24.3 Å². The predicted molar refractivity (Wildman–Crippen MR) is 89.4 cm³/mol. The average molecular weight is 287 g/mol. The third-order valence-corrected chi connectivity index (χ3v) is 3.86. The summed E-state index contributed by atoms with van der Waals surface area (Å²) in [6.07, 6.45) is 3.39. The first-order chi connectivity index (χ1) is 10.2. The van der Waals surface area contributed by atoms with Crippen molar-refractivity contribution in [2.24, 2.45) is 5.84 Å². The normalized spacial score (nSPS) is 12.4. The molecule has 5 heteroatoms. The summed E-state index contributed by atoms with van der Waals surface area (Å²) >= 11 is 0. The molecule has 0 fully saturated rings. The zero-order valence-corrected chi connectivity index (χ0v) is 13.1. The molecule has 21 heavy (non-hydrogen) atoms. The van der Waals surface area contributed by atoms with Crippen LogP contribution in [0, 0.1) is 0 Å². The molecule has 0 saturated heterocycles. The highest BCUT2D eigenvalue weighted by molar-refractivity contribution is 5.90. The molecule has 0 saturated carbocycles. The number of aromatic nitrogens is 2. The number of rotatable bonds is 7. The molecule has 1 atom stereocenters. The van der Waals surface area contributed by atoms with Crippen LogP contribution in [-0.4, -0.2) is 22.6 Å². The lowest BCUT2D eigenvalue weighted by molar-refractivity contribution is 0.591. The Bertz CT molecular complexity index is 584. The van der Waals surface area contributed by atoms with Gasteiger partial charge in [0, 0.05) is 18.0 Å². The molecule has 1 aromatic heterocycles. The molecule has 0 aliphatic heterocycles. The van der Waals surface area contributed by atoms with Crippen LogP contribution in [0.3, 0.4) is 0 Å². The number of nitrogens with two attached hydrogens (primary N) is 1. The van der Waals surface area contributed by atoms with Crippen molar-refractivity contribution in [1.29, 1.82) is 0 Å². The SMILES string of the molecule is CCCCN(c1nc(NN)nc2ccccc12)C(C)CC. The fourth-order valence-electron chi connectivity index (χ4n) is 2.43. The lowest BCUT2D eigenvalue weighted by atomic mass is 10.1. The first kappa shape index (κ1) is 15.5. The van der Waals surface area contributed by atoms with E-state index in [0.29, 0.717) is 12.0 Å². The maximum atomic E-state index is 5.53. The first-order valence-electron chi connectivity index (χ1n) is 7.71. The van der Waals surface area contributed by atoms with Gasteiger partial charge in [-0.15, -0.1) is 0 Å². The third kappa shape index (κ3) is 3.42. The fraction of sp³-hybridized carbons (Fsp3) is 0.500. The second kappa shape index (κ2) is 7.22. The van der Waals surface area contributed by atoms with E-state index in [1.54, 1.807) is 0 Å². The average Bonchev–Trinajstić information content (AvgIpc) is 2.54. The largest absolute Gasteiger partial charge is 0.353 e. The van der Waals surface area contributed by atoms with Gasteiger partial charge in [-0.05, 0) is 31.9 Å². The van der Waals surface area contributed by atoms with E-state index in [-0.39, 0.29) is 0 Å². The minimum absolute atomic E-state index is 0.431. The Morgan fingerprint density at radius 3 is 2.67 bits per heavy atom. The van der Waals surface area contributed by atoms with Crippen LogP contribution in [0.2, 0.25) is 0 Å². The summed E-state index contributed by atoms with van der Waals surface area (Å²) in [7, 11) is 0. The molecule has 0 aliphatic rings. The van der Waals surface area contributed by atoms with E-state index in [0.717, 1.165) is 42.5 Å². The number of nitrogens with zero attached hydrogens (tertiary/aromatic N) is 3. The van der Waals surface area contributed by atoms with Crippen LogP contribution in [0.1, 0.15) is 40.0 Å². The lowest BCUT2D eigenvalue weighted by Gasteiger charge is -2.30. The summed E-state index contributed by atoms with van der Waals surface area (Å²) < 4.78 is 0. The molecule has 2 aromatic rings. The van der Waals surface area contributed by atoms with E-state index in [1.165, 1.54) is 0 Å². The van der Waals surface area contributed by atoms with Gasteiger partial charge in [0.05, 0.1) is 5.52 Å². The number of hydrogen-bond donors (Lipinski definition) is 2. The molecular formula is C16H25N5. The van der Waals surface area contributed by atoms with Gasteiger partial charge in [-0.1, -0.05) is 32.4 Å². The van der Waals surface area contributed by atoms with Gasteiger partial charge < -0.3 is 4.90 Å². The molecule has 1 aromatic carbocycles. The van der Waals surface area contributed by atoms with E-state index >= 15 is 0 Å². The number of hydrazine groups is 1. The number of anilines is 2. The van der Waals surface area contributed by atoms with Gasteiger partial charge in [0.2, 0.25) is 5.95 Å². The number of fused-ring (bicyclic) bond motifs is 1. The molecule has 114 valence electrons. The summed E-state index contributed by atoms with van der Waals surface area (Å²) in [5, 5.41) is 1.08. The molecule has 0 amide bonds. The van der Waals surface area contributed by atoms with E-state index in [4.69, 9.17) is 5.84 Å². The van der Waals surface area contributed by atoms with Crippen LogP contribution in [0.15, 0.2) is 24.3 Å². The molecular weight excluding hydrogens is 262 g/mol. The van der Waals surface area contributed by atoms with Crippen LogP contribution in [0.25, 0.3) is 10.9 Å². The third-order valence-electron chi connectivity index (χ3n) is 3.86. The van der Waals surface area contributed by atoms with Gasteiger partial charge in [0.25, 0.3) is 0 Å². The van der Waals surface area contributed by atoms with Gasteiger partial charge in [-0.2, -0.15) is 4.98 Å². The summed E-state index contributed by atoms with van der Waals surface area (Å²) in [6, 6.07) is 8.51. The predicted octanol–water partition coefficient (Wildman–Crippen LogP) is 3.32. The Hall–Kier alpha value is -1.88. The van der Waals surface area contributed by atoms with Crippen LogP contribution >= 0.6 is 0 Å². The zero-order valence-electron chi connectivity index (χ0n) is 13.1. The smallest absolute Gasteiger partial charge is 0.239 e. The van der Waals surface area contributed by atoms with Crippen molar-refractivity contribution >= 4 is 22.7 Å². The van der Waals surface area contributed by atoms with Gasteiger partial charge in [0.1, 0.15) is 5.82 Å². The van der Waals surface area contributed by atoms with Gasteiger partial charge in [-0.25, -0.2) is 10.8 Å². The van der Waals surface area contributed by atoms with Crippen LogP contribution in [-0.2, 0) is 0 Å². The number of para-hydroxylation sites is 1. The van der Waals surface area contributed by atoms with Gasteiger partial charge in [-0.3, -0.25) is 5.43 Å². The highest BCUT2D eigenvalue weighted by atomic mass is 15.3. The highest BCUT2D eigenvalue weighted by Gasteiger charge is 2.18. The van der Waals surface area contributed by atoms with Crippen molar-refractivity contribution in [3.8, 4) is 0 Å². The van der Waals surface area contributed by atoms with E-state index in [9.17, 15) is 0 Å². The minimum Gasteiger partial charge on any atom is -0.353 e. The number of benzene rings is 1. The second-order valence-corrected chi connectivity index (χ2v) is 5.34. The quantitative estimate of drug-likeness (QED) is 0.604. The van der Waals surface area contributed by atoms with Crippen molar-refractivity contribution in [2.75, 3.05) is 16.9 Å². The molecule has 0 radical (unpaired) electrons. The molecule has 2 rings (SSSR count). The Labute approximate surface area is 126 Å². The summed E-state index contributed by atoms with van der Waals surface area (Å²) in [5.41, 5.74) is 3.50. The lowest BCUT2D eigenvalue weighted by Crippen LogP contribution is -2.34. The van der Waals surface area contributed by atoms with Crippen LogP contribution in [0.5, 0.6) is 0 Å². The summed E-state index contributed by atoms with van der Waals surface area (Å²) in [5.74, 6) is 6.96. The first-order valence-corrected chi connectivity index (χ1v) is 7.71. The molecule has 3 N–H and O–H groups in total. The summed E-state index contributed by atoms with van der Waals surface area (Å²) in [6.45, 7) is 7.65. The number of hydrogen-bond acceptors (Lipinski definition) is 5. The minimum atomic E-state index is 0.431. The number of unbranched alkanes of at least 4 members (excludes halogenated alkanes) is 1. The Morgan fingerprint density at radius 1 is 1.24 bits per heavy atom. The number of nitrogens with one attached hydrogen (secondary N) is 1. The van der Waals surface area contributed by atoms with Crippen LogP contribution < -0.4 is 16.2 Å². The van der Waals surface area contributed by atoms with Crippen molar-refractivity contribution in [1.82, 2.24) is 9.97 Å². The zero-order chi connectivity index (χ0) is 15.2. The molecule has 1 heterocycles. The molecule has 1 unspecified atom stereocenters. The molecule has 0 bridgehead atoms. The number of nitrogen functional groups attached to an aromatic ring is 1. The van der Waals surface area contributed by atoms with E-state index < -0.39 is 0 Å². The Morgan fingerprint density at radius 2 is 2.00 bits per heavy atom.